The van der Waals surface area contributed by atoms with Crippen LogP contribution in [0.2, 0.25) is 0 Å². The fraction of sp³-hybridized carbons (Fsp3) is 0.476. The van der Waals surface area contributed by atoms with Crippen molar-refractivity contribution in [3.05, 3.63) is 40.3 Å². The maximum absolute atomic E-state index is 14.7. The third kappa shape index (κ3) is 3.15. The van der Waals surface area contributed by atoms with Gasteiger partial charge >= 0.3 is 0 Å². The first-order chi connectivity index (χ1) is 13.6. The van der Waals surface area contributed by atoms with E-state index >= 15 is 0 Å². The molecule has 0 saturated heterocycles. The molecule has 1 aromatic heterocycles. The lowest BCUT2D eigenvalue weighted by Gasteiger charge is -2.36. The van der Waals surface area contributed by atoms with E-state index in [9.17, 15) is 19.1 Å². The van der Waals surface area contributed by atoms with Gasteiger partial charge in [-0.05, 0) is 45.1 Å². The van der Waals surface area contributed by atoms with Crippen LogP contribution in [0.5, 0.6) is 0 Å². The van der Waals surface area contributed by atoms with Crippen LogP contribution in [0.15, 0.2) is 23.0 Å². The summed E-state index contributed by atoms with van der Waals surface area (Å²) in [5.41, 5.74) is 5.54. The molecule has 29 heavy (non-hydrogen) atoms. The van der Waals surface area contributed by atoms with Crippen molar-refractivity contribution in [1.29, 1.82) is 0 Å². The number of hydrogen-bond acceptors (Lipinski definition) is 4. The summed E-state index contributed by atoms with van der Waals surface area (Å²) >= 11 is 0. The van der Waals surface area contributed by atoms with Crippen LogP contribution < -0.4 is 11.1 Å². The zero-order chi connectivity index (χ0) is 21.1. The number of nitrogens with two attached hydrogens (primary N) is 1. The molecule has 1 unspecified atom stereocenters. The predicted molar refractivity (Wildman–Crippen MR) is 104 cm³/mol. The summed E-state index contributed by atoms with van der Waals surface area (Å²) in [5.74, 6) is 4.26. The second kappa shape index (κ2) is 6.56. The van der Waals surface area contributed by atoms with Crippen LogP contribution in [0.4, 0.5) is 4.39 Å². The number of allylic oxidation sites excluding steroid dienone is 4. The maximum Gasteiger partial charge on any atom is 0.270 e. The van der Waals surface area contributed by atoms with E-state index in [-0.39, 0.29) is 41.3 Å². The number of hydrogen-bond donors (Lipinski definition) is 3. The van der Waals surface area contributed by atoms with Gasteiger partial charge in [-0.15, -0.1) is 0 Å². The Labute approximate surface area is 167 Å². The average Bonchev–Trinajstić information content (AvgIpc) is 2.88. The van der Waals surface area contributed by atoms with Gasteiger partial charge in [-0.3, -0.25) is 9.59 Å². The predicted octanol–water partition coefficient (Wildman–Crippen LogP) is 1.72. The Morgan fingerprint density at radius 2 is 2.10 bits per heavy atom. The minimum Gasteiger partial charge on any atom is -0.378 e. The van der Waals surface area contributed by atoms with Gasteiger partial charge in [0.25, 0.3) is 11.8 Å². The molecule has 1 fully saturated rings. The van der Waals surface area contributed by atoms with Gasteiger partial charge in [-0.25, -0.2) is 9.37 Å². The lowest BCUT2D eigenvalue weighted by Crippen LogP contribution is -2.31. The Morgan fingerprint density at radius 3 is 2.69 bits per heavy atom. The smallest absolute Gasteiger partial charge is 0.270 e. The van der Waals surface area contributed by atoms with Crippen molar-refractivity contribution in [2.75, 3.05) is 7.05 Å². The molecule has 2 aliphatic heterocycles. The number of carbonyl (C=O) groups is 2. The first kappa shape index (κ1) is 19.4. The van der Waals surface area contributed by atoms with Gasteiger partial charge in [0.1, 0.15) is 22.9 Å². The second-order valence-corrected chi connectivity index (χ2v) is 8.34. The van der Waals surface area contributed by atoms with E-state index in [0.29, 0.717) is 5.82 Å². The quantitative estimate of drug-likeness (QED) is 0.659. The van der Waals surface area contributed by atoms with Crippen LogP contribution in [0.25, 0.3) is 0 Å². The number of nitrogens with zero attached hydrogens (tertiary/aromatic N) is 2. The highest BCUT2D eigenvalue weighted by atomic mass is 19.1. The molecular weight excluding hydrogens is 375 g/mol. The molecule has 3 heterocycles. The van der Waals surface area contributed by atoms with E-state index in [1.165, 1.54) is 27.0 Å². The summed E-state index contributed by atoms with van der Waals surface area (Å²) in [6.45, 7) is 3.06. The van der Waals surface area contributed by atoms with Gasteiger partial charge in [-0.1, -0.05) is 17.4 Å². The molecule has 7 nitrogen and oxygen atoms in total. The van der Waals surface area contributed by atoms with E-state index in [2.05, 4.69) is 22.1 Å². The van der Waals surface area contributed by atoms with E-state index in [1.807, 2.05) is 4.57 Å². The molecule has 8 heteroatoms. The molecule has 1 aromatic rings. The summed E-state index contributed by atoms with van der Waals surface area (Å²) in [5, 5.41) is 12.4. The lowest BCUT2D eigenvalue weighted by molar-refractivity contribution is 0.0926. The van der Waals surface area contributed by atoms with Gasteiger partial charge in [0.2, 0.25) is 0 Å². The number of primary amides is 1. The first-order valence-electron chi connectivity index (χ1n) is 9.60. The van der Waals surface area contributed by atoms with E-state index in [1.54, 1.807) is 0 Å². The number of halogens is 1. The van der Waals surface area contributed by atoms with Crippen LogP contribution in [0.3, 0.4) is 0 Å². The minimum atomic E-state index is -1.24. The largest absolute Gasteiger partial charge is 0.378 e. The van der Waals surface area contributed by atoms with Gasteiger partial charge in [0.05, 0.1) is 0 Å². The molecule has 152 valence electrons. The Kier molecular flexibility index (Phi) is 4.39. The molecule has 4 N–H and O–H groups in total. The average molecular weight is 398 g/mol. The number of nitrogens with one attached hydrogen (secondary N) is 1. The first-order valence-corrected chi connectivity index (χ1v) is 9.60. The van der Waals surface area contributed by atoms with Crippen molar-refractivity contribution in [1.82, 2.24) is 14.9 Å². The molecule has 1 atom stereocenters. The molecule has 4 aliphatic rings. The van der Waals surface area contributed by atoms with Crippen LogP contribution in [-0.4, -0.2) is 39.1 Å². The SMILES string of the molecule is CNC(=O)c1c(C(N)=O)nc2n1C1CC(C1)C1=CC(F)=C(C#CC(C)(C)O)CC12. The van der Waals surface area contributed by atoms with Crippen molar-refractivity contribution < 1.29 is 19.1 Å². The highest BCUT2D eigenvalue weighted by Gasteiger charge is 2.47. The van der Waals surface area contributed by atoms with Gasteiger partial charge < -0.3 is 20.7 Å². The second-order valence-electron chi connectivity index (χ2n) is 8.34. The zero-order valence-electron chi connectivity index (χ0n) is 16.5. The maximum atomic E-state index is 14.7. The number of carbonyl (C=O) groups excluding carboxylic acids is 2. The summed E-state index contributed by atoms with van der Waals surface area (Å²) < 4.78 is 16.6. The topological polar surface area (TPSA) is 110 Å². The summed E-state index contributed by atoms with van der Waals surface area (Å²) in [4.78, 5) is 29.0. The molecule has 2 bridgehead atoms. The summed E-state index contributed by atoms with van der Waals surface area (Å²) in [7, 11) is 1.49. The molecule has 5 rings (SSSR count). The van der Waals surface area contributed by atoms with Crippen LogP contribution in [0.1, 0.15) is 71.9 Å². The van der Waals surface area contributed by atoms with Gasteiger partial charge in [-0.2, -0.15) is 0 Å². The molecule has 1 saturated carbocycles. The molecular formula is C21H23FN4O3. The van der Waals surface area contributed by atoms with E-state index in [4.69, 9.17) is 5.73 Å². The molecule has 0 radical (unpaired) electrons. The van der Waals surface area contributed by atoms with E-state index in [0.717, 1.165) is 18.4 Å². The van der Waals surface area contributed by atoms with Crippen LogP contribution >= 0.6 is 0 Å². The number of rotatable bonds is 2. The third-order valence-electron chi connectivity index (χ3n) is 5.79. The third-order valence-corrected chi connectivity index (χ3v) is 5.79. The summed E-state index contributed by atoms with van der Waals surface area (Å²) in [6, 6.07) is 0.0170. The Bertz CT molecular complexity index is 1040. The lowest BCUT2D eigenvalue weighted by atomic mass is 9.70. The standard InChI is InChI=1S/C21H23FN4O3/c1-21(2,29)5-4-10-8-14-13(9-15(10)22)11-6-12(7-11)26-17(20(28)24-3)16(18(23)27)25-19(14)26/h9,11-12,14,29H,6-8H2,1-3H3,(H2,23,27)(H,24,28). The fourth-order valence-electron chi connectivity index (χ4n) is 4.38. The number of aliphatic hydroxyl groups is 1. The molecule has 2 amide bonds. The monoisotopic (exact) mass is 398 g/mol. The molecule has 2 aliphatic carbocycles. The van der Waals surface area contributed by atoms with Crippen molar-refractivity contribution in [3.63, 3.8) is 0 Å². The number of imidazole rings is 1. The Balaban J connectivity index is 1.86. The van der Waals surface area contributed by atoms with Crippen molar-refractivity contribution >= 4 is 11.8 Å². The number of aromatic nitrogens is 2. The minimum absolute atomic E-state index is 0.0170. The normalized spacial score (nSPS) is 24.9. The van der Waals surface area contributed by atoms with Crippen molar-refractivity contribution in [2.45, 2.75) is 50.7 Å². The zero-order valence-corrected chi connectivity index (χ0v) is 16.5. The number of amides is 2. The fourth-order valence-corrected chi connectivity index (χ4v) is 4.38. The van der Waals surface area contributed by atoms with Gasteiger partial charge in [0.15, 0.2) is 5.69 Å². The Morgan fingerprint density at radius 1 is 1.41 bits per heavy atom. The van der Waals surface area contributed by atoms with E-state index < -0.39 is 23.2 Å². The van der Waals surface area contributed by atoms with Crippen LogP contribution in [0, 0.1) is 17.8 Å². The summed E-state index contributed by atoms with van der Waals surface area (Å²) in [6.07, 6.45) is 3.28. The highest BCUT2D eigenvalue weighted by Crippen LogP contribution is 2.55. The molecule has 0 spiro atoms. The van der Waals surface area contributed by atoms with Crippen LogP contribution in [-0.2, 0) is 0 Å². The van der Waals surface area contributed by atoms with Crippen molar-refractivity contribution in [2.24, 2.45) is 11.7 Å². The van der Waals surface area contributed by atoms with Crippen molar-refractivity contribution in [3.8, 4) is 11.8 Å². The molecule has 0 aromatic carbocycles. The van der Waals surface area contributed by atoms with Gasteiger partial charge in [0, 0.05) is 24.6 Å². The Hall–Kier alpha value is -2.92. The highest BCUT2D eigenvalue weighted by molar-refractivity contribution is 6.04.